The Bertz CT molecular complexity index is 394. The number of hydrogen-bond acceptors (Lipinski definition) is 5. The van der Waals surface area contributed by atoms with Gasteiger partial charge in [0.05, 0.1) is 0 Å². The van der Waals surface area contributed by atoms with E-state index in [1.807, 2.05) is 0 Å². The van der Waals surface area contributed by atoms with Gasteiger partial charge in [-0.2, -0.15) is 0 Å². The van der Waals surface area contributed by atoms with Gasteiger partial charge >= 0.3 is 6.01 Å². The normalized spacial score (nSPS) is 24.6. The summed E-state index contributed by atoms with van der Waals surface area (Å²) < 4.78 is 10.7. The lowest BCUT2D eigenvalue weighted by Gasteiger charge is -2.01. The molecule has 1 N–H and O–H groups in total. The fourth-order valence-corrected chi connectivity index (χ4v) is 1.74. The van der Waals surface area contributed by atoms with Crippen LogP contribution in [0, 0.1) is 5.92 Å². The summed E-state index contributed by atoms with van der Waals surface area (Å²) in [5.74, 6) is 0.573. The summed E-state index contributed by atoms with van der Waals surface area (Å²) in [6, 6.07) is 0.183. The highest BCUT2D eigenvalue weighted by atomic mass is 16.5. The minimum absolute atomic E-state index is 0.0254. The number of nitrogens with zero attached hydrogens (tertiary/aromatic N) is 2. The maximum atomic E-state index is 11.4. The van der Waals surface area contributed by atoms with Crippen molar-refractivity contribution in [3.8, 4) is 0 Å². The third kappa shape index (κ3) is 1.92. The lowest BCUT2D eigenvalue weighted by atomic mass is 10.2. The van der Waals surface area contributed by atoms with Gasteiger partial charge in [0.2, 0.25) is 11.8 Å². The Morgan fingerprint density at radius 1 is 1.31 bits per heavy atom. The Hall–Kier alpha value is -1.43. The molecule has 3 rings (SSSR count). The molecule has 6 heteroatoms. The van der Waals surface area contributed by atoms with E-state index in [9.17, 15) is 4.79 Å². The summed E-state index contributed by atoms with van der Waals surface area (Å²) in [4.78, 5) is 11.4. The Balaban J connectivity index is 1.64. The van der Waals surface area contributed by atoms with Crippen LogP contribution < -0.4 is 5.32 Å². The van der Waals surface area contributed by atoms with E-state index in [0.717, 1.165) is 32.3 Å². The Morgan fingerprint density at radius 2 is 2.19 bits per heavy atom. The van der Waals surface area contributed by atoms with Gasteiger partial charge in [0.1, 0.15) is 6.10 Å². The fourth-order valence-electron chi connectivity index (χ4n) is 1.74. The van der Waals surface area contributed by atoms with E-state index in [4.69, 9.17) is 9.15 Å². The Kier molecular flexibility index (Phi) is 2.36. The summed E-state index contributed by atoms with van der Waals surface area (Å²) in [5.41, 5.74) is 0. The first-order valence-electron chi connectivity index (χ1n) is 5.59. The zero-order chi connectivity index (χ0) is 11.0. The third-order valence-electron chi connectivity index (χ3n) is 2.82. The summed E-state index contributed by atoms with van der Waals surface area (Å²) in [7, 11) is 0. The van der Waals surface area contributed by atoms with Gasteiger partial charge in [0.25, 0.3) is 0 Å². The topological polar surface area (TPSA) is 77.2 Å². The van der Waals surface area contributed by atoms with Crippen LogP contribution in [0.3, 0.4) is 0 Å². The number of rotatable bonds is 3. The van der Waals surface area contributed by atoms with Crippen molar-refractivity contribution >= 4 is 11.9 Å². The molecule has 2 aliphatic rings. The molecule has 1 saturated carbocycles. The van der Waals surface area contributed by atoms with Crippen LogP contribution in [-0.4, -0.2) is 22.7 Å². The van der Waals surface area contributed by atoms with Crippen LogP contribution in [0.25, 0.3) is 0 Å². The van der Waals surface area contributed by atoms with Gasteiger partial charge in [0.15, 0.2) is 0 Å². The van der Waals surface area contributed by atoms with Crippen LogP contribution in [0.15, 0.2) is 4.42 Å². The van der Waals surface area contributed by atoms with E-state index in [-0.39, 0.29) is 23.9 Å². The SMILES string of the molecule is O=C(Nc1nnc(C2CCCO2)o1)C1CC1. The van der Waals surface area contributed by atoms with Gasteiger partial charge in [-0.05, 0) is 25.7 Å². The third-order valence-corrected chi connectivity index (χ3v) is 2.82. The summed E-state index contributed by atoms with van der Waals surface area (Å²) in [6.45, 7) is 0.733. The largest absolute Gasteiger partial charge is 0.405 e. The highest BCUT2D eigenvalue weighted by molar-refractivity contribution is 5.92. The molecule has 0 radical (unpaired) electrons. The standard InChI is InChI=1S/C10H13N3O3/c14-8(6-3-4-6)11-10-13-12-9(16-10)7-2-1-5-15-7/h6-7H,1-5H2,(H,11,13,14). The zero-order valence-corrected chi connectivity index (χ0v) is 8.81. The molecule has 1 amide bonds. The number of hydrogen-bond donors (Lipinski definition) is 1. The maximum absolute atomic E-state index is 11.4. The Labute approximate surface area is 92.4 Å². The van der Waals surface area contributed by atoms with Gasteiger partial charge in [-0.1, -0.05) is 5.10 Å². The van der Waals surface area contributed by atoms with Crippen molar-refractivity contribution in [2.75, 3.05) is 11.9 Å². The second-order valence-corrected chi connectivity index (χ2v) is 4.21. The molecule has 0 bridgehead atoms. The van der Waals surface area contributed by atoms with E-state index >= 15 is 0 Å². The highest BCUT2D eigenvalue weighted by Gasteiger charge is 2.31. The van der Waals surface area contributed by atoms with Gasteiger partial charge in [0, 0.05) is 12.5 Å². The predicted molar refractivity (Wildman–Crippen MR) is 53.6 cm³/mol. The second kappa shape index (κ2) is 3.86. The quantitative estimate of drug-likeness (QED) is 0.834. The molecular formula is C10H13N3O3. The minimum atomic E-state index is -0.0981. The van der Waals surface area contributed by atoms with Crippen LogP contribution in [0.5, 0.6) is 0 Å². The summed E-state index contributed by atoms with van der Waals surface area (Å²) in [6.07, 6.45) is 3.73. The average Bonchev–Trinajstić information content (AvgIpc) is 2.80. The number of carbonyl (C=O) groups excluding carboxylic acids is 1. The van der Waals surface area contributed by atoms with Crippen molar-refractivity contribution in [3.05, 3.63) is 5.89 Å². The molecule has 1 aromatic rings. The maximum Gasteiger partial charge on any atom is 0.322 e. The van der Waals surface area contributed by atoms with Crippen molar-refractivity contribution in [1.82, 2.24) is 10.2 Å². The monoisotopic (exact) mass is 223 g/mol. The van der Waals surface area contributed by atoms with Crippen LogP contribution in [0.4, 0.5) is 6.01 Å². The zero-order valence-electron chi connectivity index (χ0n) is 8.81. The number of aromatic nitrogens is 2. The first-order chi connectivity index (χ1) is 7.83. The first-order valence-corrected chi connectivity index (χ1v) is 5.59. The molecule has 1 aromatic heterocycles. The van der Waals surface area contributed by atoms with E-state index in [0.29, 0.717) is 5.89 Å². The lowest BCUT2D eigenvalue weighted by molar-refractivity contribution is -0.117. The van der Waals surface area contributed by atoms with E-state index in [1.54, 1.807) is 0 Å². The first kappa shape index (κ1) is 9.77. The van der Waals surface area contributed by atoms with Crippen molar-refractivity contribution in [2.45, 2.75) is 31.8 Å². The van der Waals surface area contributed by atoms with Gasteiger partial charge < -0.3 is 9.15 Å². The molecule has 1 aliphatic carbocycles. The number of nitrogens with one attached hydrogen (secondary N) is 1. The van der Waals surface area contributed by atoms with Crippen LogP contribution in [0.2, 0.25) is 0 Å². The smallest absolute Gasteiger partial charge is 0.322 e. The molecular weight excluding hydrogens is 210 g/mol. The minimum Gasteiger partial charge on any atom is -0.405 e. The molecule has 1 atom stereocenters. The fraction of sp³-hybridized carbons (Fsp3) is 0.700. The molecule has 2 fully saturated rings. The molecule has 2 heterocycles. The van der Waals surface area contributed by atoms with Crippen LogP contribution in [-0.2, 0) is 9.53 Å². The molecule has 1 aliphatic heterocycles. The lowest BCUT2D eigenvalue weighted by Crippen LogP contribution is -2.13. The summed E-state index contributed by atoms with van der Waals surface area (Å²) in [5, 5.41) is 10.3. The molecule has 0 spiro atoms. The predicted octanol–water partition coefficient (Wildman–Crippen LogP) is 1.27. The molecule has 6 nitrogen and oxygen atoms in total. The number of ether oxygens (including phenoxy) is 1. The number of amides is 1. The van der Waals surface area contributed by atoms with Crippen molar-refractivity contribution in [2.24, 2.45) is 5.92 Å². The summed E-state index contributed by atoms with van der Waals surface area (Å²) >= 11 is 0. The molecule has 1 saturated heterocycles. The molecule has 16 heavy (non-hydrogen) atoms. The van der Waals surface area contributed by atoms with E-state index in [1.165, 1.54) is 0 Å². The van der Waals surface area contributed by atoms with Crippen LogP contribution >= 0.6 is 0 Å². The second-order valence-electron chi connectivity index (χ2n) is 4.21. The number of carbonyl (C=O) groups is 1. The van der Waals surface area contributed by atoms with Gasteiger partial charge in [-0.3, -0.25) is 10.1 Å². The average molecular weight is 223 g/mol. The van der Waals surface area contributed by atoms with E-state index in [2.05, 4.69) is 15.5 Å². The van der Waals surface area contributed by atoms with Crippen molar-refractivity contribution in [1.29, 1.82) is 0 Å². The van der Waals surface area contributed by atoms with E-state index < -0.39 is 0 Å². The Morgan fingerprint density at radius 3 is 2.88 bits per heavy atom. The van der Waals surface area contributed by atoms with Crippen LogP contribution in [0.1, 0.15) is 37.7 Å². The van der Waals surface area contributed by atoms with Gasteiger partial charge in [-0.25, -0.2) is 0 Å². The highest BCUT2D eigenvalue weighted by Crippen LogP contribution is 2.31. The molecule has 0 aromatic carbocycles. The van der Waals surface area contributed by atoms with Gasteiger partial charge in [-0.15, -0.1) is 5.10 Å². The molecule has 86 valence electrons. The van der Waals surface area contributed by atoms with Crippen molar-refractivity contribution in [3.63, 3.8) is 0 Å². The molecule has 1 unspecified atom stereocenters. The van der Waals surface area contributed by atoms with Crippen molar-refractivity contribution < 1.29 is 13.9 Å². The number of anilines is 1.